The van der Waals surface area contributed by atoms with E-state index in [4.69, 9.17) is 4.99 Å². The highest BCUT2D eigenvalue weighted by molar-refractivity contribution is 5.79. The van der Waals surface area contributed by atoms with Crippen molar-refractivity contribution in [1.82, 2.24) is 15.5 Å². The summed E-state index contributed by atoms with van der Waals surface area (Å²) >= 11 is 0. The summed E-state index contributed by atoms with van der Waals surface area (Å²) in [5.41, 5.74) is 2.54. The van der Waals surface area contributed by atoms with Gasteiger partial charge in [-0.05, 0) is 51.3 Å². The van der Waals surface area contributed by atoms with Gasteiger partial charge < -0.3 is 15.5 Å². The van der Waals surface area contributed by atoms with Crippen molar-refractivity contribution < 1.29 is 0 Å². The number of nitrogens with one attached hydrogen (secondary N) is 2. The number of rotatable bonds is 7. The quantitative estimate of drug-likeness (QED) is 0.600. The maximum Gasteiger partial charge on any atom is 0.191 e. The molecule has 0 bridgehead atoms. The molecule has 2 rings (SSSR count). The van der Waals surface area contributed by atoms with Gasteiger partial charge in [0.1, 0.15) is 0 Å². The van der Waals surface area contributed by atoms with E-state index < -0.39 is 0 Å². The fourth-order valence-corrected chi connectivity index (χ4v) is 2.95. The predicted octanol–water partition coefficient (Wildman–Crippen LogP) is 2.78. The Hall–Kier alpha value is -1.55. The van der Waals surface area contributed by atoms with Gasteiger partial charge in [-0.2, -0.15) is 0 Å². The van der Waals surface area contributed by atoms with E-state index in [1.807, 2.05) is 0 Å². The fourth-order valence-electron chi connectivity index (χ4n) is 2.95. The number of aliphatic imine (C=N–C) groups is 1. The summed E-state index contributed by atoms with van der Waals surface area (Å²) in [5.74, 6) is 1.55. The van der Waals surface area contributed by atoms with Crippen molar-refractivity contribution in [3.63, 3.8) is 0 Å². The Morgan fingerprint density at radius 3 is 2.52 bits per heavy atom. The van der Waals surface area contributed by atoms with Gasteiger partial charge in [-0.15, -0.1) is 0 Å². The van der Waals surface area contributed by atoms with Crippen molar-refractivity contribution in [2.24, 2.45) is 10.9 Å². The molecule has 0 amide bonds. The van der Waals surface area contributed by atoms with Crippen LogP contribution >= 0.6 is 0 Å². The van der Waals surface area contributed by atoms with E-state index in [1.165, 1.54) is 43.6 Å². The molecular weight excluding hydrogens is 284 g/mol. The van der Waals surface area contributed by atoms with Crippen LogP contribution in [0.25, 0.3) is 0 Å². The maximum atomic E-state index is 4.70. The third-order valence-electron chi connectivity index (χ3n) is 4.27. The van der Waals surface area contributed by atoms with Crippen LogP contribution in [0, 0.1) is 12.8 Å². The molecule has 1 atom stereocenters. The van der Waals surface area contributed by atoms with E-state index in [0.717, 1.165) is 25.6 Å². The molecule has 2 N–H and O–H groups in total. The number of aryl methyl sites for hydroxylation is 1. The zero-order valence-corrected chi connectivity index (χ0v) is 14.9. The van der Waals surface area contributed by atoms with Crippen LogP contribution < -0.4 is 10.6 Å². The first-order valence-corrected chi connectivity index (χ1v) is 8.97. The third kappa shape index (κ3) is 6.61. The van der Waals surface area contributed by atoms with Gasteiger partial charge in [-0.25, -0.2) is 4.99 Å². The lowest BCUT2D eigenvalue weighted by Crippen LogP contribution is -2.41. The van der Waals surface area contributed by atoms with Crippen molar-refractivity contribution >= 4 is 5.96 Å². The summed E-state index contributed by atoms with van der Waals surface area (Å²) in [6.07, 6.45) is 2.72. The zero-order chi connectivity index (χ0) is 16.5. The highest BCUT2D eigenvalue weighted by Crippen LogP contribution is 2.09. The monoisotopic (exact) mass is 316 g/mol. The summed E-state index contributed by atoms with van der Waals surface area (Å²) in [5, 5.41) is 6.83. The van der Waals surface area contributed by atoms with E-state index in [0.29, 0.717) is 5.92 Å². The van der Waals surface area contributed by atoms with Gasteiger partial charge >= 0.3 is 0 Å². The van der Waals surface area contributed by atoms with Crippen LogP contribution in [-0.4, -0.2) is 43.6 Å². The van der Waals surface area contributed by atoms with Crippen LogP contribution in [0.2, 0.25) is 0 Å². The molecule has 4 heteroatoms. The molecule has 4 nitrogen and oxygen atoms in total. The Labute approximate surface area is 141 Å². The maximum absolute atomic E-state index is 4.70. The van der Waals surface area contributed by atoms with Crippen molar-refractivity contribution in [1.29, 1.82) is 0 Å². The molecular formula is C19H32N4. The molecule has 0 saturated carbocycles. The second-order valence-electron chi connectivity index (χ2n) is 6.67. The molecule has 1 heterocycles. The van der Waals surface area contributed by atoms with Crippen molar-refractivity contribution in [2.75, 3.05) is 32.7 Å². The minimum absolute atomic E-state index is 0.635. The summed E-state index contributed by atoms with van der Waals surface area (Å²) in [7, 11) is 0. The first-order chi connectivity index (χ1) is 11.2. The number of likely N-dealkylation sites (tertiary alicyclic amines) is 1. The molecule has 0 spiro atoms. The summed E-state index contributed by atoms with van der Waals surface area (Å²) < 4.78 is 0. The molecule has 1 unspecified atom stereocenters. The molecule has 1 aliphatic heterocycles. The minimum Gasteiger partial charge on any atom is -0.357 e. The Morgan fingerprint density at radius 2 is 1.87 bits per heavy atom. The largest absolute Gasteiger partial charge is 0.357 e. The zero-order valence-electron chi connectivity index (χ0n) is 14.9. The van der Waals surface area contributed by atoms with Crippen LogP contribution in [0.5, 0.6) is 0 Å². The SMILES string of the molecule is CCNC(=NCc1ccc(C)cc1)NCC(C)CN1CCCC1. The second-order valence-corrected chi connectivity index (χ2v) is 6.67. The van der Waals surface area contributed by atoms with Crippen LogP contribution in [-0.2, 0) is 6.54 Å². The number of hydrogen-bond acceptors (Lipinski definition) is 2. The molecule has 1 aromatic rings. The predicted molar refractivity (Wildman–Crippen MR) is 98.8 cm³/mol. The lowest BCUT2D eigenvalue weighted by atomic mass is 10.1. The fraction of sp³-hybridized carbons (Fsp3) is 0.632. The molecule has 23 heavy (non-hydrogen) atoms. The smallest absolute Gasteiger partial charge is 0.191 e. The van der Waals surface area contributed by atoms with Gasteiger partial charge in [0, 0.05) is 19.6 Å². The molecule has 128 valence electrons. The Morgan fingerprint density at radius 1 is 1.17 bits per heavy atom. The molecule has 1 aliphatic rings. The summed E-state index contributed by atoms with van der Waals surface area (Å²) in [6.45, 7) is 12.8. The third-order valence-corrected chi connectivity index (χ3v) is 4.27. The Bertz CT molecular complexity index is 475. The summed E-state index contributed by atoms with van der Waals surface area (Å²) in [4.78, 5) is 7.27. The van der Waals surface area contributed by atoms with E-state index >= 15 is 0 Å². The first kappa shape index (κ1) is 17.8. The van der Waals surface area contributed by atoms with Crippen molar-refractivity contribution in [3.05, 3.63) is 35.4 Å². The van der Waals surface area contributed by atoms with Gasteiger partial charge in [0.25, 0.3) is 0 Å². The molecule has 0 aromatic heterocycles. The summed E-state index contributed by atoms with van der Waals surface area (Å²) in [6, 6.07) is 8.59. The normalized spacial score (nSPS) is 17.3. The van der Waals surface area contributed by atoms with Crippen LogP contribution in [0.3, 0.4) is 0 Å². The number of nitrogens with zero attached hydrogens (tertiary/aromatic N) is 2. The van der Waals surface area contributed by atoms with E-state index in [9.17, 15) is 0 Å². The second kappa shape index (κ2) is 9.56. The Kier molecular flexibility index (Phi) is 7.40. The van der Waals surface area contributed by atoms with Gasteiger partial charge in [-0.3, -0.25) is 0 Å². The molecule has 1 fully saturated rings. The van der Waals surface area contributed by atoms with E-state index in [1.54, 1.807) is 0 Å². The van der Waals surface area contributed by atoms with E-state index in [-0.39, 0.29) is 0 Å². The van der Waals surface area contributed by atoms with E-state index in [2.05, 4.69) is 60.6 Å². The highest BCUT2D eigenvalue weighted by Gasteiger charge is 2.14. The van der Waals surface area contributed by atoms with Gasteiger partial charge in [0.15, 0.2) is 5.96 Å². The van der Waals surface area contributed by atoms with Crippen LogP contribution in [0.1, 0.15) is 37.8 Å². The number of guanidine groups is 1. The van der Waals surface area contributed by atoms with Gasteiger partial charge in [0.2, 0.25) is 0 Å². The molecule has 0 radical (unpaired) electrons. The standard InChI is InChI=1S/C19H32N4/c1-4-20-19(22-14-18-9-7-16(2)8-10-18)21-13-17(3)15-23-11-5-6-12-23/h7-10,17H,4-6,11-15H2,1-3H3,(H2,20,21,22). The van der Waals surface area contributed by atoms with Gasteiger partial charge in [0.05, 0.1) is 6.54 Å². The minimum atomic E-state index is 0.635. The van der Waals surface area contributed by atoms with Crippen molar-refractivity contribution in [2.45, 2.75) is 40.2 Å². The lowest BCUT2D eigenvalue weighted by molar-refractivity contribution is 0.287. The molecule has 0 aliphatic carbocycles. The lowest BCUT2D eigenvalue weighted by Gasteiger charge is -2.21. The average Bonchev–Trinajstić information content (AvgIpc) is 3.04. The average molecular weight is 316 g/mol. The first-order valence-electron chi connectivity index (χ1n) is 8.97. The molecule has 1 saturated heterocycles. The Balaban J connectivity index is 1.79. The topological polar surface area (TPSA) is 39.7 Å². The number of benzene rings is 1. The van der Waals surface area contributed by atoms with Crippen LogP contribution in [0.15, 0.2) is 29.3 Å². The molecule has 1 aromatic carbocycles. The van der Waals surface area contributed by atoms with Crippen LogP contribution in [0.4, 0.5) is 0 Å². The highest BCUT2D eigenvalue weighted by atomic mass is 15.2. The van der Waals surface area contributed by atoms with Crippen molar-refractivity contribution in [3.8, 4) is 0 Å². The number of hydrogen-bond donors (Lipinski definition) is 2. The van der Waals surface area contributed by atoms with Gasteiger partial charge in [-0.1, -0.05) is 36.8 Å².